The van der Waals surface area contributed by atoms with E-state index in [1.54, 1.807) is 11.8 Å². The Labute approximate surface area is 135 Å². The number of nitrogens with zero attached hydrogens (tertiary/aromatic N) is 2. The van der Waals surface area contributed by atoms with Gasteiger partial charge in [0.25, 0.3) is 5.56 Å². The molecule has 3 nitrogen and oxygen atoms in total. The molecule has 0 atom stereocenters. The number of benzene rings is 1. The molecule has 0 saturated heterocycles. The number of rotatable bonds is 5. The third-order valence-electron chi connectivity index (χ3n) is 4.32. The molecule has 1 aliphatic rings. The second-order valence-corrected chi connectivity index (χ2v) is 6.92. The molecule has 1 saturated carbocycles. The first-order valence-corrected chi connectivity index (χ1v) is 9.01. The van der Waals surface area contributed by atoms with E-state index in [1.807, 2.05) is 34.9 Å². The van der Waals surface area contributed by atoms with Gasteiger partial charge in [-0.1, -0.05) is 49.2 Å². The molecule has 3 rings (SSSR count). The van der Waals surface area contributed by atoms with Gasteiger partial charge < -0.3 is 0 Å². The first kappa shape index (κ1) is 15.3. The minimum Gasteiger partial charge on any atom is -0.287 e. The highest BCUT2D eigenvalue weighted by Crippen LogP contribution is 2.26. The molecule has 0 unspecified atom stereocenters. The van der Waals surface area contributed by atoms with Crippen molar-refractivity contribution in [1.29, 1.82) is 0 Å². The predicted molar refractivity (Wildman–Crippen MR) is 93.5 cm³/mol. The van der Waals surface area contributed by atoms with Gasteiger partial charge in [0.05, 0.1) is 10.9 Å². The smallest absolute Gasteiger partial charge is 0.262 e. The van der Waals surface area contributed by atoms with Gasteiger partial charge in [0.1, 0.15) is 0 Å². The fourth-order valence-electron chi connectivity index (χ4n) is 3.18. The molecule has 0 N–H and O–H groups in total. The molecular weight excluding hydrogens is 292 g/mol. The van der Waals surface area contributed by atoms with E-state index < -0.39 is 0 Å². The SMILES string of the molecule is C=CCSc1nc2ccccc2c(=O)n1CC1CCCCC1. The van der Waals surface area contributed by atoms with Crippen molar-refractivity contribution in [3.63, 3.8) is 0 Å². The number of hydrogen-bond donors (Lipinski definition) is 0. The van der Waals surface area contributed by atoms with Gasteiger partial charge in [-0.15, -0.1) is 6.58 Å². The van der Waals surface area contributed by atoms with Crippen LogP contribution < -0.4 is 5.56 Å². The van der Waals surface area contributed by atoms with Gasteiger partial charge in [0.2, 0.25) is 0 Å². The molecule has 1 aromatic carbocycles. The molecule has 4 heteroatoms. The molecular formula is C18H22N2OS. The highest BCUT2D eigenvalue weighted by atomic mass is 32.2. The van der Waals surface area contributed by atoms with E-state index in [0.29, 0.717) is 5.92 Å². The summed E-state index contributed by atoms with van der Waals surface area (Å²) < 4.78 is 1.90. The van der Waals surface area contributed by atoms with Gasteiger partial charge in [-0.25, -0.2) is 4.98 Å². The molecule has 22 heavy (non-hydrogen) atoms. The Morgan fingerprint density at radius 2 is 2.05 bits per heavy atom. The molecule has 0 radical (unpaired) electrons. The molecule has 1 fully saturated rings. The van der Waals surface area contributed by atoms with Crippen LogP contribution in [-0.2, 0) is 6.54 Å². The number of thioether (sulfide) groups is 1. The normalized spacial score (nSPS) is 16.0. The average Bonchev–Trinajstić information content (AvgIpc) is 2.57. The minimum atomic E-state index is 0.0998. The molecule has 0 spiro atoms. The van der Waals surface area contributed by atoms with Gasteiger partial charge in [0.15, 0.2) is 5.16 Å². The van der Waals surface area contributed by atoms with Crippen molar-refractivity contribution in [1.82, 2.24) is 9.55 Å². The summed E-state index contributed by atoms with van der Waals surface area (Å²) in [4.78, 5) is 17.6. The van der Waals surface area contributed by atoms with Crippen LogP contribution in [0, 0.1) is 5.92 Å². The van der Waals surface area contributed by atoms with E-state index in [1.165, 1.54) is 32.1 Å². The Morgan fingerprint density at radius 3 is 2.82 bits per heavy atom. The summed E-state index contributed by atoms with van der Waals surface area (Å²) in [6.45, 7) is 4.57. The first-order valence-electron chi connectivity index (χ1n) is 8.03. The Hall–Kier alpha value is -1.55. The zero-order valence-electron chi connectivity index (χ0n) is 12.8. The molecule has 1 heterocycles. The van der Waals surface area contributed by atoms with Gasteiger partial charge in [-0.3, -0.25) is 9.36 Å². The molecule has 1 aliphatic carbocycles. The third kappa shape index (κ3) is 3.27. The number of para-hydroxylation sites is 1. The number of aromatic nitrogens is 2. The Kier molecular flexibility index (Phi) is 4.98. The predicted octanol–water partition coefficient (Wildman–Crippen LogP) is 4.25. The van der Waals surface area contributed by atoms with Crippen LogP contribution in [0.25, 0.3) is 10.9 Å². The summed E-state index contributed by atoms with van der Waals surface area (Å²) in [6.07, 6.45) is 8.22. The largest absolute Gasteiger partial charge is 0.287 e. The lowest BCUT2D eigenvalue weighted by Crippen LogP contribution is -2.27. The van der Waals surface area contributed by atoms with Crippen LogP contribution in [0.2, 0.25) is 0 Å². The third-order valence-corrected chi connectivity index (χ3v) is 5.29. The standard InChI is InChI=1S/C18H22N2OS/c1-2-12-22-18-19-16-11-7-6-10-15(16)17(21)20(18)13-14-8-4-3-5-9-14/h2,6-7,10-11,14H,1,3-5,8-9,12-13H2. The Balaban J connectivity index is 2.01. The van der Waals surface area contributed by atoms with Gasteiger partial charge in [0, 0.05) is 12.3 Å². The van der Waals surface area contributed by atoms with Gasteiger partial charge in [-0.05, 0) is 30.9 Å². The van der Waals surface area contributed by atoms with E-state index in [0.717, 1.165) is 28.4 Å². The molecule has 116 valence electrons. The van der Waals surface area contributed by atoms with Crippen molar-refractivity contribution in [2.75, 3.05) is 5.75 Å². The number of hydrogen-bond acceptors (Lipinski definition) is 3. The van der Waals surface area contributed by atoms with Crippen molar-refractivity contribution in [3.05, 3.63) is 47.3 Å². The van der Waals surface area contributed by atoms with Crippen molar-refractivity contribution >= 4 is 22.7 Å². The van der Waals surface area contributed by atoms with Crippen LogP contribution in [-0.4, -0.2) is 15.3 Å². The molecule has 0 amide bonds. The quantitative estimate of drug-likeness (QED) is 0.470. The summed E-state index contributed by atoms with van der Waals surface area (Å²) in [5.74, 6) is 1.38. The van der Waals surface area contributed by atoms with Crippen LogP contribution in [0.5, 0.6) is 0 Å². The van der Waals surface area contributed by atoms with Gasteiger partial charge >= 0.3 is 0 Å². The van der Waals surface area contributed by atoms with E-state index in [-0.39, 0.29) is 5.56 Å². The lowest BCUT2D eigenvalue weighted by molar-refractivity contribution is 0.306. The molecule has 2 aromatic rings. The van der Waals surface area contributed by atoms with Crippen LogP contribution in [0.15, 0.2) is 46.9 Å². The second kappa shape index (κ2) is 7.14. The van der Waals surface area contributed by atoms with Crippen molar-refractivity contribution < 1.29 is 0 Å². The van der Waals surface area contributed by atoms with Crippen LogP contribution in [0.1, 0.15) is 32.1 Å². The minimum absolute atomic E-state index is 0.0998. The van der Waals surface area contributed by atoms with E-state index in [9.17, 15) is 4.79 Å². The van der Waals surface area contributed by atoms with Crippen LogP contribution >= 0.6 is 11.8 Å². The highest BCUT2D eigenvalue weighted by Gasteiger charge is 2.18. The van der Waals surface area contributed by atoms with Gasteiger partial charge in [-0.2, -0.15) is 0 Å². The average molecular weight is 314 g/mol. The summed E-state index contributed by atoms with van der Waals surface area (Å²) >= 11 is 1.60. The molecule has 0 aliphatic heterocycles. The second-order valence-electron chi connectivity index (χ2n) is 5.93. The molecule has 0 bridgehead atoms. The van der Waals surface area contributed by atoms with Crippen molar-refractivity contribution in [2.45, 2.75) is 43.8 Å². The summed E-state index contributed by atoms with van der Waals surface area (Å²) in [7, 11) is 0. The van der Waals surface area contributed by atoms with Crippen molar-refractivity contribution in [2.24, 2.45) is 5.92 Å². The summed E-state index contributed by atoms with van der Waals surface area (Å²) in [6, 6.07) is 7.64. The first-order chi connectivity index (χ1) is 10.8. The monoisotopic (exact) mass is 314 g/mol. The maximum atomic E-state index is 12.9. The molecule has 1 aromatic heterocycles. The van der Waals surface area contributed by atoms with Crippen LogP contribution in [0.3, 0.4) is 0 Å². The Bertz CT molecular complexity index is 717. The van der Waals surface area contributed by atoms with Crippen LogP contribution in [0.4, 0.5) is 0 Å². The van der Waals surface area contributed by atoms with E-state index in [4.69, 9.17) is 4.98 Å². The zero-order chi connectivity index (χ0) is 15.4. The zero-order valence-corrected chi connectivity index (χ0v) is 13.6. The summed E-state index contributed by atoms with van der Waals surface area (Å²) in [5.41, 5.74) is 0.890. The maximum Gasteiger partial charge on any atom is 0.262 e. The number of fused-ring (bicyclic) bond motifs is 1. The Morgan fingerprint density at radius 1 is 1.27 bits per heavy atom. The van der Waals surface area contributed by atoms with E-state index >= 15 is 0 Å². The fourth-order valence-corrected chi connectivity index (χ4v) is 3.92. The highest BCUT2D eigenvalue weighted by molar-refractivity contribution is 7.99. The van der Waals surface area contributed by atoms with E-state index in [2.05, 4.69) is 6.58 Å². The fraction of sp³-hybridized carbons (Fsp3) is 0.444. The lowest BCUT2D eigenvalue weighted by atomic mass is 9.89. The maximum absolute atomic E-state index is 12.9. The topological polar surface area (TPSA) is 34.9 Å². The van der Waals surface area contributed by atoms with Crippen molar-refractivity contribution in [3.8, 4) is 0 Å². The summed E-state index contributed by atoms with van der Waals surface area (Å²) in [5, 5.41) is 1.55. The lowest BCUT2D eigenvalue weighted by Gasteiger charge is -2.23.